The fraction of sp³-hybridized carbons (Fsp3) is 0.318. The van der Waals surface area contributed by atoms with Crippen LogP contribution in [0.1, 0.15) is 29.2 Å². The van der Waals surface area contributed by atoms with Crippen molar-refractivity contribution in [3.63, 3.8) is 0 Å². The number of hydrogen-bond acceptors (Lipinski definition) is 3. The number of aromatic nitrogens is 3. The molecule has 7 heteroatoms. The molecule has 3 rings (SSSR count). The summed E-state index contributed by atoms with van der Waals surface area (Å²) in [4.78, 5) is 8.93. The van der Waals surface area contributed by atoms with Gasteiger partial charge < -0.3 is 10.6 Å². The molecule has 1 aromatic heterocycles. The summed E-state index contributed by atoms with van der Waals surface area (Å²) in [6.07, 6.45) is 2.48. The molecule has 0 aliphatic heterocycles. The second-order valence-electron chi connectivity index (χ2n) is 6.90. The van der Waals surface area contributed by atoms with Crippen LogP contribution in [0.15, 0.2) is 53.8 Å². The van der Waals surface area contributed by atoms with Crippen molar-refractivity contribution < 1.29 is 0 Å². The number of aromatic amines is 1. The summed E-state index contributed by atoms with van der Waals surface area (Å²) in [6.45, 7) is 8.62. The van der Waals surface area contributed by atoms with Gasteiger partial charge in [0.25, 0.3) is 0 Å². The lowest BCUT2D eigenvalue weighted by Crippen LogP contribution is -2.38. The predicted octanol–water partition coefficient (Wildman–Crippen LogP) is 4.00. The number of benzene rings is 2. The Labute approximate surface area is 189 Å². The molecule has 29 heavy (non-hydrogen) atoms. The Bertz CT molecular complexity index is 901. The molecule has 0 radical (unpaired) electrons. The molecule has 0 amide bonds. The van der Waals surface area contributed by atoms with Crippen molar-refractivity contribution in [2.75, 3.05) is 13.1 Å². The van der Waals surface area contributed by atoms with Crippen molar-refractivity contribution in [2.24, 2.45) is 4.99 Å². The van der Waals surface area contributed by atoms with Crippen LogP contribution in [0.5, 0.6) is 0 Å². The molecule has 0 aliphatic carbocycles. The number of halogens is 1. The third-order valence-corrected chi connectivity index (χ3v) is 4.37. The standard InChI is InChI=1S/C22H28N6.HI/c1-4-23-22(24-9-8-18-11-16(2)10-17(3)12-18)25-14-19-6-5-7-20(13-19)21-26-15-27-28-21;/h5-7,10-13,15H,4,8-9,14H2,1-3H3,(H2,23,24,25)(H,26,27,28);1H. The quantitative estimate of drug-likeness (QED) is 0.258. The summed E-state index contributed by atoms with van der Waals surface area (Å²) in [5, 5.41) is 13.6. The first-order chi connectivity index (χ1) is 13.6. The van der Waals surface area contributed by atoms with Gasteiger partial charge in [-0.25, -0.2) is 9.98 Å². The van der Waals surface area contributed by atoms with Gasteiger partial charge in [-0.3, -0.25) is 5.10 Å². The van der Waals surface area contributed by atoms with E-state index >= 15 is 0 Å². The van der Waals surface area contributed by atoms with Crippen LogP contribution in [0.4, 0.5) is 0 Å². The molecule has 3 aromatic rings. The van der Waals surface area contributed by atoms with Crippen molar-refractivity contribution in [1.82, 2.24) is 25.8 Å². The highest BCUT2D eigenvalue weighted by molar-refractivity contribution is 14.0. The second-order valence-corrected chi connectivity index (χ2v) is 6.90. The van der Waals surface area contributed by atoms with Crippen LogP contribution in [0.3, 0.4) is 0 Å². The van der Waals surface area contributed by atoms with Crippen molar-refractivity contribution in [3.05, 3.63) is 71.0 Å². The topological polar surface area (TPSA) is 78.0 Å². The lowest BCUT2D eigenvalue weighted by molar-refractivity contribution is 0.799. The number of rotatable bonds is 7. The summed E-state index contributed by atoms with van der Waals surface area (Å²) >= 11 is 0. The van der Waals surface area contributed by atoms with E-state index in [-0.39, 0.29) is 24.0 Å². The van der Waals surface area contributed by atoms with Crippen LogP contribution in [0.25, 0.3) is 11.4 Å². The number of hydrogen-bond donors (Lipinski definition) is 3. The van der Waals surface area contributed by atoms with Gasteiger partial charge in [0.1, 0.15) is 6.33 Å². The van der Waals surface area contributed by atoms with E-state index in [0.29, 0.717) is 6.54 Å². The third kappa shape index (κ3) is 7.16. The van der Waals surface area contributed by atoms with Crippen LogP contribution in [-0.4, -0.2) is 34.2 Å². The Balaban J connectivity index is 0.00000300. The normalized spacial score (nSPS) is 11.1. The molecule has 0 saturated heterocycles. The molecule has 2 aromatic carbocycles. The molecule has 0 unspecified atom stereocenters. The Hall–Kier alpha value is -2.42. The fourth-order valence-corrected chi connectivity index (χ4v) is 3.21. The molecule has 154 valence electrons. The van der Waals surface area contributed by atoms with E-state index in [1.54, 1.807) is 0 Å². The van der Waals surface area contributed by atoms with E-state index in [4.69, 9.17) is 4.99 Å². The van der Waals surface area contributed by atoms with Crippen molar-refractivity contribution in [2.45, 2.75) is 33.7 Å². The van der Waals surface area contributed by atoms with Gasteiger partial charge in [0.2, 0.25) is 0 Å². The Morgan fingerprint density at radius 1 is 1.03 bits per heavy atom. The van der Waals surface area contributed by atoms with E-state index < -0.39 is 0 Å². The lowest BCUT2D eigenvalue weighted by atomic mass is 10.1. The Morgan fingerprint density at radius 2 is 1.83 bits per heavy atom. The number of guanidine groups is 1. The molecule has 1 heterocycles. The second kappa shape index (κ2) is 11.5. The molecular weight excluding hydrogens is 475 g/mol. The van der Waals surface area contributed by atoms with Crippen LogP contribution >= 0.6 is 24.0 Å². The van der Waals surface area contributed by atoms with Crippen molar-refractivity contribution in [1.29, 1.82) is 0 Å². The number of H-pyrrole nitrogens is 1. The summed E-state index contributed by atoms with van der Waals surface area (Å²) in [7, 11) is 0. The summed E-state index contributed by atoms with van der Waals surface area (Å²) in [5.41, 5.74) is 6.10. The van der Waals surface area contributed by atoms with Gasteiger partial charge >= 0.3 is 0 Å². The first-order valence-corrected chi connectivity index (χ1v) is 9.68. The first-order valence-electron chi connectivity index (χ1n) is 9.68. The average molecular weight is 504 g/mol. The van der Waals surface area contributed by atoms with E-state index in [2.05, 4.69) is 76.9 Å². The van der Waals surface area contributed by atoms with Crippen molar-refractivity contribution >= 4 is 29.9 Å². The van der Waals surface area contributed by atoms with E-state index in [0.717, 1.165) is 42.4 Å². The van der Waals surface area contributed by atoms with E-state index in [1.165, 1.54) is 23.0 Å². The zero-order valence-electron chi connectivity index (χ0n) is 17.2. The van der Waals surface area contributed by atoms with Crippen molar-refractivity contribution in [3.8, 4) is 11.4 Å². The molecule has 0 fully saturated rings. The monoisotopic (exact) mass is 504 g/mol. The zero-order chi connectivity index (χ0) is 19.8. The summed E-state index contributed by atoms with van der Waals surface area (Å²) in [6, 6.07) is 14.9. The molecule has 0 atom stereocenters. The molecule has 0 aliphatic rings. The Morgan fingerprint density at radius 3 is 2.52 bits per heavy atom. The van der Waals surface area contributed by atoms with Crippen LogP contribution in [-0.2, 0) is 13.0 Å². The largest absolute Gasteiger partial charge is 0.357 e. The SMILES string of the molecule is CCNC(=NCc1cccc(-c2ncn[nH]2)c1)NCCc1cc(C)cc(C)c1.I. The minimum absolute atomic E-state index is 0. The van der Waals surface area contributed by atoms with Gasteiger partial charge in [-0.05, 0) is 44.4 Å². The van der Waals surface area contributed by atoms with Gasteiger partial charge in [-0.2, -0.15) is 5.10 Å². The predicted molar refractivity (Wildman–Crippen MR) is 130 cm³/mol. The minimum atomic E-state index is 0. The summed E-state index contributed by atoms with van der Waals surface area (Å²) < 4.78 is 0. The number of nitrogens with zero attached hydrogens (tertiary/aromatic N) is 3. The third-order valence-electron chi connectivity index (χ3n) is 4.37. The maximum absolute atomic E-state index is 4.72. The zero-order valence-corrected chi connectivity index (χ0v) is 19.5. The van der Waals surface area contributed by atoms with E-state index in [1.807, 2.05) is 12.1 Å². The molecule has 3 N–H and O–H groups in total. The average Bonchev–Trinajstić information content (AvgIpc) is 3.20. The molecule has 0 bridgehead atoms. The van der Waals surface area contributed by atoms with Crippen LogP contribution < -0.4 is 10.6 Å². The smallest absolute Gasteiger partial charge is 0.191 e. The molecule has 6 nitrogen and oxygen atoms in total. The molecule has 0 spiro atoms. The highest BCUT2D eigenvalue weighted by Gasteiger charge is 2.03. The van der Waals surface area contributed by atoms with E-state index in [9.17, 15) is 0 Å². The van der Waals surface area contributed by atoms with Gasteiger partial charge in [-0.15, -0.1) is 24.0 Å². The molecule has 0 saturated carbocycles. The highest BCUT2D eigenvalue weighted by Crippen LogP contribution is 2.16. The maximum Gasteiger partial charge on any atom is 0.191 e. The lowest BCUT2D eigenvalue weighted by Gasteiger charge is -2.12. The molecular formula is C22H29IN6. The van der Waals surface area contributed by atoms with Crippen LogP contribution in [0.2, 0.25) is 0 Å². The number of aliphatic imine (C=N–C) groups is 1. The van der Waals surface area contributed by atoms with Gasteiger partial charge in [0, 0.05) is 18.7 Å². The van der Waals surface area contributed by atoms with Gasteiger partial charge in [0.05, 0.1) is 6.54 Å². The number of aryl methyl sites for hydroxylation is 2. The van der Waals surface area contributed by atoms with Crippen LogP contribution in [0, 0.1) is 13.8 Å². The Kier molecular flexibility index (Phi) is 9.11. The van der Waals surface area contributed by atoms with Gasteiger partial charge in [-0.1, -0.05) is 47.5 Å². The summed E-state index contributed by atoms with van der Waals surface area (Å²) in [5.74, 6) is 1.60. The number of nitrogens with one attached hydrogen (secondary N) is 3. The minimum Gasteiger partial charge on any atom is -0.357 e. The first kappa shape index (κ1) is 22.9. The highest BCUT2D eigenvalue weighted by atomic mass is 127. The van der Waals surface area contributed by atoms with Gasteiger partial charge in [0.15, 0.2) is 11.8 Å². The fourth-order valence-electron chi connectivity index (χ4n) is 3.21. The maximum atomic E-state index is 4.72.